The van der Waals surface area contributed by atoms with E-state index >= 15 is 0 Å². The lowest BCUT2D eigenvalue weighted by Crippen LogP contribution is -2.47. The molecule has 1 aliphatic heterocycles. The van der Waals surface area contributed by atoms with Gasteiger partial charge in [-0.25, -0.2) is 4.79 Å². The van der Waals surface area contributed by atoms with E-state index < -0.39 is 12.2 Å². The normalized spacial score (nSPS) is 31.7. The van der Waals surface area contributed by atoms with Crippen LogP contribution in [-0.2, 0) is 0 Å². The Labute approximate surface area is 90.2 Å². The number of amides is 1. The van der Waals surface area contributed by atoms with Crippen LogP contribution in [0.1, 0.15) is 20.8 Å². The maximum Gasteiger partial charge on any atom is 0.407 e. The lowest BCUT2D eigenvalue weighted by Gasteiger charge is -2.35. The fraction of sp³-hybridized carbons (Fsp3) is 0.727. The molecule has 1 amide bonds. The monoisotopic (exact) mass is 213 g/mol. The van der Waals surface area contributed by atoms with Crippen LogP contribution in [0.4, 0.5) is 4.79 Å². The Morgan fingerprint density at radius 1 is 1.53 bits per heavy atom. The maximum absolute atomic E-state index is 11.0. The minimum absolute atomic E-state index is 0.162. The quantitative estimate of drug-likeness (QED) is 0.650. The molecule has 0 spiro atoms. The molecule has 0 aliphatic carbocycles. The van der Waals surface area contributed by atoms with Crippen LogP contribution in [0.25, 0.3) is 0 Å². The van der Waals surface area contributed by atoms with Crippen LogP contribution >= 0.6 is 0 Å². The fourth-order valence-electron chi connectivity index (χ4n) is 2.26. The van der Waals surface area contributed by atoms with E-state index in [4.69, 9.17) is 5.11 Å². The topological polar surface area (TPSA) is 60.8 Å². The van der Waals surface area contributed by atoms with E-state index in [1.165, 1.54) is 4.90 Å². The van der Waals surface area contributed by atoms with Crippen LogP contribution < -0.4 is 0 Å². The summed E-state index contributed by atoms with van der Waals surface area (Å²) in [5.74, 6) is -0.162. The predicted octanol–water partition coefficient (Wildman–Crippen LogP) is 1.56. The van der Waals surface area contributed by atoms with E-state index in [1.807, 2.05) is 20.8 Å². The van der Waals surface area contributed by atoms with Crippen LogP contribution in [0.5, 0.6) is 0 Å². The number of carbonyl (C=O) groups is 1. The minimum Gasteiger partial charge on any atom is -0.465 e. The number of nitrogens with zero attached hydrogens (tertiary/aromatic N) is 1. The summed E-state index contributed by atoms with van der Waals surface area (Å²) in [6.45, 7) is 9.76. The molecule has 0 aromatic carbocycles. The van der Waals surface area contributed by atoms with Gasteiger partial charge in [0.15, 0.2) is 0 Å². The van der Waals surface area contributed by atoms with Crippen molar-refractivity contribution in [3.63, 3.8) is 0 Å². The van der Waals surface area contributed by atoms with Gasteiger partial charge >= 0.3 is 6.09 Å². The molecule has 1 heterocycles. The highest BCUT2D eigenvalue weighted by molar-refractivity contribution is 5.66. The molecule has 0 aromatic heterocycles. The van der Waals surface area contributed by atoms with E-state index in [0.29, 0.717) is 6.54 Å². The predicted molar refractivity (Wildman–Crippen MR) is 57.7 cm³/mol. The van der Waals surface area contributed by atoms with Gasteiger partial charge in [-0.15, -0.1) is 6.58 Å². The van der Waals surface area contributed by atoms with E-state index in [9.17, 15) is 9.90 Å². The summed E-state index contributed by atoms with van der Waals surface area (Å²) >= 11 is 0. The van der Waals surface area contributed by atoms with Gasteiger partial charge in [0.25, 0.3) is 0 Å². The van der Waals surface area contributed by atoms with Crippen LogP contribution in [0.2, 0.25) is 0 Å². The van der Waals surface area contributed by atoms with Crippen LogP contribution in [-0.4, -0.2) is 39.9 Å². The van der Waals surface area contributed by atoms with Gasteiger partial charge in [-0.1, -0.05) is 26.8 Å². The second-order valence-corrected chi connectivity index (χ2v) is 5.14. The number of aliphatic hydroxyl groups is 1. The van der Waals surface area contributed by atoms with Crippen molar-refractivity contribution in [2.75, 3.05) is 6.54 Å². The number of hydrogen-bond acceptors (Lipinski definition) is 2. The third kappa shape index (κ3) is 2.15. The van der Waals surface area contributed by atoms with Gasteiger partial charge in [-0.05, 0) is 5.41 Å². The average Bonchev–Trinajstić information content (AvgIpc) is 2.41. The highest BCUT2D eigenvalue weighted by atomic mass is 16.4. The second-order valence-electron chi connectivity index (χ2n) is 5.14. The van der Waals surface area contributed by atoms with E-state index in [-0.39, 0.29) is 17.4 Å². The van der Waals surface area contributed by atoms with Crippen molar-refractivity contribution in [1.29, 1.82) is 0 Å². The molecule has 3 atom stereocenters. The van der Waals surface area contributed by atoms with E-state index in [0.717, 1.165) is 0 Å². The van der Waals surface area contributed by atoms with Gasteiger partial charge in [0, 0.05) is 12.5 Å². The molecule has 1 aliphatic rings. The summed E-state index contributed by atoms with van der Waals surface area (Å²) in [7, 11) is 0. The molecule has 0 radical (unpaired) electrons. The molecule has 15 heavy (non-hydrogen) atoms. The van der Waals surface area contributed by atoms with Gasteiger partial charge in [-0.2, -0.15) is 0 Å². The van der Waals surface area contributed by atoms with Crippen molar-refractivity contribution in [3.05, 3.63) is 12.7 Å². The van der Waals surface area contributed by atoms with Crippen molar-refractivity contribution < 1.29 is 15.0 Å². The molecule has 0 saturated carbocycles. The standard InChI is InChI=1S/C11H19NO3/c1-5-7-6-12(10(14)15)9(8(7)13)11(2,3)4/h5,7-9,13H,1,6H2,2-4H3,(H,14,15). The Morgan fingerprint density at radius 2 is 2.07 bits per heavy atom. The van der Waals surface area contributed by atoms with Crippen molar-refractivity contribution in [2.45, 2.75) is 32.9 Å². The molecule has 4 nitrogen and oxygen atoms in total. The summed E-state index contributed by atoms with van der Waals surface area (Å²) < 4.78 is 0. The Kier molecular flexibility index (Phi) is 3.09. The van der Waals surface area contributed by atoms with Crippen LogP contribution in [0, 0.1) is 11.3 Å². The molecule has 2 N–H and O–H groups in total. The molecule has 0 aromatic rings. The first-order valence-electron chi connectivity index (χ1n) is 5.09. The lowest BCUT2D eigenvalue weighted by molar-refractivity contribution is 0.0400. The summed E-state index contributed by atoms with van der Waals surface area (Å²) in [5, 5.41) is 19.1. The molecular weight excluding hydrogens is 194 g/mol. The number of rotatable bonds is 1. The Balaban J connectivity index is 2.99. The molecule has 1 rings (SSSR count). The van der Waals surface area contributed by atoms with Crippen LogP contribution in [0.3, 0.4) is 0 Å². The highest BCUT2D eigenvalue weighted by Gasteiger charge is 2.47. The van der Waals surface area contributed by atoms with Crippen molar-refractivity contribution in [1.82, 2.24) is 4.90 Å². The minimum atomic E-state index is -0.974. The second kappa shape index (κ2) is 3.85. The molecule has 1 saturated heterocycles. The maximum atomic E-state index is 11.0. The first-order valence-corrected chi connectivity index (χ1v) is 5.09. The van der Waals surface area contributed by atoms with E-state index in [1.54, 1.807) is 6.08 Å². The molecular formula is C11H19NO3. The number of likely N-dealkylation sites (tertiary alicyclic amines) is 1. The first-order chi connectivity index (χ1) is 6.79. The van der Waals surface area contributed by atoms with Crippen LogP contribution in [0.15, 0.2) is 12.7 Å². The average molecular weight is 213 g/mol. The van der Waals surface area contributed by atoms with Gasteiger partial charge in [0.2, 0.25) is 0 Å². The molecule has 4 heteroatoms. The van der Waals surface area contributed by atoms with Crippen molar-refractivity contribution in [3.8, 4) is 0 Å². The third-order valence-corrected chi connectivity index (χ3v) is 2.94. The third-order valence-electron chi connectivity index (χ3n) is 2.94. The zero-order valence-electron chi connectivity index (χ0n) is 9.47. The Morgan fingerprint density at radius 3 is 2.33 bits per heavy atom. The smallest absolute Gasteiger partial charge is 0.407 e. The van der Waals surface area contributed by atoms with Crippen molar-refractivity contribution in [2.24, 2.45) is 11.3 Å². The number of aliphatic hydroxyl groups excluding tert-OH is 1. The van der Waals surface area contributed by atoms with Gasteiger partial charge in [0.05, 0.1) is 12.1 Å². The van der Waals surface area contributed by atoms with Gasteiger partial charge in [-0.3, -0.25) is 0 Å². The summed E-state index contributed by atoms with van der Waals surface area (Å²) in [6.07, 6.45) is 0.00345. The van der Waals surface area contributed by atoms with Gasteiger partial charge in [0.1, 0.15) is 0 Å². The molecule has 3 unspecified atom stereocenters. The summed E-state index contributed by atoms with van der Waals surface area (Å²) in [6, 6.07) is -0.363. The fourth-order valence-corrected chi connectivity index (χ4v) is 2.26. The molecule has 1 fully saturated rings. The number of hydrogen-bond donors (Lipinski definition) is 2. The number of carboxylic acid groups (broad SMARTS) is 1. The summed E-state index contributed by atoms with van der Waals surface area (Å²) in [4.78, 5) is 12.4. The molecule has 86 valence electrons. The molecule has 0 bridgehead atoms. The summed E-state index contributed by atoms with van der Waals surface area (Å²) in [5.41, 5.74) is -0.268. The Hall–Kier alpha value is -1.03. The zero-order chi connectivity index (χ0) is 11.8. The largest absolute Gasteiger partial charge is 0.465 e. The lowest BCUT2D eigenvalue weighted by atomic mass is 9.82. The SMILES string of the molecule is C=CC1CN(C(=O)O)C(C(C)(C)C)C1O. The van der Waals surface area contributed by atoms with E-state index in [2.05, 4.69) is 6.58 Å². The first kappa shape index (κ1) is 12.0. The highest BCUT2D eigenvalue weighted by Crippen LogP contribution is 2.36. The Bertz CT molecular complexity index is 269. The zero-order valence-corrected chi connectivity index (χ0v) is 9.47. The van der Waals surface area contributed by atoms with Crippen molar-refractivity contribution >= 4 is 6.09 Å². The van der Waals surface area contributed by atoms with Gasteiger partial charge < -0.3 is 15.1 Å².